The van der Waals surface area contributed by atoms with Gasteiger partial charge in [0.1, 0.15) is 0 Å². The minimum atomic E-state index is -0.0122. The van der Waals surface area contributed by atoms with Crippen molar-refractivity contribution in [3.63, 3.8) is 0 Å². The second-order valence-corrected chi connectivity index (χ2v) is 5.13. The van der Waals surface area contributed by atoms with Gasteiger partial charge in [-0.05, 0) is 31.0 Å². The molecular formula is C14H16N2OS. The lowest BCUT2D eigenvalue weighted by molar-refractivity contribution is 0.0950. The van der Waals surface area contributed by atoms with Gasteiger partial charge in [0.2, 0.25) is 0 Å². The van der Waals surface area contributed by atoms with E-state index in [1.165, 1.54) is 4.88 Å². The summed E-state index contributed by atoms with van der Waals surface area (Å²) < 4.78 is 0. The van der Waals surface area contributed by atoms with Crippen molar-refractivity contribution in [2.24, 2.45) is 0 Å². The first kappa shape index (κ1) is 12.8. The number of aryl methyl sites for hydroxylation is 1. The maximum Gasteiger partial charge on any atom is 0.252 e. The summed E-state index contributed by atoms with van der Waals surface area (Å²) in [6.07, 6.45) is 2.62. The Balaban J connectivity index is 2.04. The fourth-order valence-electron chi connectivity index (χ4n) is 1.88. The van der Waals surface area contributed by atoms with Gasteiger partial charge in [-0.15, -0.1) is 11.3 Å². The Hall–Kier alpha value is -1.68. The number of hydrogen-bond acceptors (Lipinski definition) is 3. The Morgan fingerprint density at radius 1 is 1.44 bits per heavy atom. The van der Waals surface area contributed by atoms with Crippen molar-refractivity contribution in [2.75, 3.05) is 0 Å². The fourth-order valence-corrected chi connectivity index (χ4v) is 2.82. The molecule has 0 spiro atoms. The summed E-state index contributed by atoms with van der Waals surface area (Å²) in [6.45, 7) is 4.60. The predicted octanol–water partition coefficient (Wildman–Crippen LogP) is 2.94. The predicted molar refractivity (Wildman–Crippen MR) is 73.8 cm³/mol. The molecule has 0 atom stereocenters. The average molecular weight is 260 g/mol. The molecule has 2 heterocycles. The van der Waals surface area contributed by atoms with E-state index in [2.05, 4.69) is 24.1 Å². The molecule has 94 valence electrons. The van der Waals surface area contributed by atoms with E-state index in [4.69, 9.17) is 0 Å². The third kappa shape index (κ3) is 2.76. The van der Waals surface area contributed by atoms with Gasteiger partial charge in [-0.1, -0.05) is 13.0 Å². The first-order valence-corrected chi connectivity index (χ1v) is 6.85. The molecule has 0 aromatic carbocycles. The van der Waals surface area contributed by atoms with E-state index in [0.29, 0.717) is 6.54 Å². The monoisotopic (exact) mass is 260 g/mol. The number of pyridine rings is 1. The molecule has 0 unspecified atom stereocenters. The van der Waals surface area contributed by atoms with Crippen LogP contribution in [-0.4, -0.2) is 10.9 Å². The lowest BCUT2D eigenvalue weighted by Crippen LogP contribution is -2.23. The highest BCUT2D eigenvalue weighted by atomic mass is 32.1. The summed E-state index contributed by atoms with van der Waals surface area (Å²) in [5.74, 6) is -0.0122. The summed E-state index contributed by atoms with van der Waals surface area (Å²) in [5.41, 5.74) is 2.82. The first-order chi connectivity index (χ1) is 8.72. The lowest BCUT2D eigenvalue weighted by Gasteiger charge is -2.05. The van der Waals surface area contributed by atoms with Crippen molar-refractivity contribution < 1.29 is 4.79 Å². The van der Waals surface area contributed by atoms with E-state index >= 15 is 0 Å². The molecule has 0 saturated heterocycles. The Bertz CT molecular complexity index is 534. The molecule has 1 amide bonds. The van der Waals surface area contributed by atoms with Crippen molar-refractivity contribution >= 4 is 17.2 Å². The zero-order valence-corrected chi connectivity index (χ0v) is 11.4. The molecule has 0 aliphatic carbocycles. The van der Waals surface area contributed by atoms with Crippen LogP contribution in [0.25, 0.3) is 0 Å². The van der Waals surface area contributed by atoms with Crippen LogP contribution in [0.4, 0.5) is 0 Å². The van der Waals surface area contributed by atoms with Gasteiger partial charge in [0.15, 0.2) is 0 Å². The topological polar surface area (TPSA) is 42.0 Å². The Kier molecular flexibility index (Phi) is 4.10. The zero-order valence-electron chi connectivity index (χ0n) is 10.6. The summed E-state index contributed by atoms with van der Waals surface area (Å²) >= 11 is 1.63. The quantitative estimate of drug-likeness (QED) is 0.918. The number of carbonyl (C=O) groups is 1. The van der Waals surface area contributed by atoms with Crippen molar-refractivity contribution in [1.29, 1.82) is 0 Å². The van der Waals surface area contributed by atoms with Gasteiger partial charge in [-0.25, -0.2) is 0 Å². The number of nitrogens with one attached hydrogen (secondary N) is 1. The molecule has 0 aliphatic rings. The Morgan fingerprint density at radius 2 is 2.28 bits per heavy atom. The summed E-state index contributed by atoms with van der Waals surface area (Å²) in [6, 6.07) is 5.68. The van der Waals surface area contributed by atoms with Gasteiger partial charge in [0.05, 0.1) is 17.8 Å². The van der Waals surface area contributed by atoms with Gasteiger partial charge in [0.25, 0.3) is 5.91 Å². The van der Waals surface area contributed by atoms with Crippen LogP contribution in [-0.2, 0) is 13.0 Å². The normalized spacial score (nSPS) is 10.3. The highest BCUT2D eigenvalue weighted by Gasteiger charge is 2.13. The molecule has 18 heavy (non-hydrogen) atoms. The number of rotatable bonds is 4. The zero-order chi connectivity index (χ0) is 13.0. The lowest BCUT2D eigenvalue weighted by atomic mass is 10.1. The summed E-state index contributed by atoms with van der Waals surface area (Å²) in [4.78, 5) is 17.5. The van der Waals surface area contributed by atoms with Gasteiger partial charge >= 0.3 is 0 Å². The molecular weight excluding hydrogens is 244 g/mol. The van der Waals surface area contributed by atoms with Gasteiger partial charge in [-0.2, -0.15) is 0 Å². The molecule has 0 radical (unpaired) electrons. The van der Waals surface area contributed by atoms with Crippen molar-refractivity contribution in [3.05, 3.63) is 51.5 Å². The molecule has 0 saturated carbocycles. The molecule has 4 heteroatoms. The van der Waals surface area contributed by atoms with E-state index in [9.17, 15) is 4.79 Å². The van der Waals surface area contributed by atoms with E-state index in [0.717, 1.165) is 23.2 Å². The van der Waals surface area contributed by atoms with Crippen LogP contribution in [0.2, 0.25) is 0 Å². The second-order valence-electron chi connectivity index (χ2n) is 4.04. The number of amides is 1. The number of nitrogens with zero attached hydrogens (tertiary/aromatic N) is 1. The molecule has 3 nitrogen and oxygen atoms in total. The van der Waals surface area contributed by atoms with Crippen molar-refractivity contribution in [1.82, 2.24) is 10.3 Å². The van der Waals surface area contributed by atoms with E-state index in [1.807, 2.05) is 23.6 Å². The Labute approximate surface area is 111 Å². The highest BCUT2D eigenvalue weighted by Crippen LogP contribution is 2.22. The number of carbonyl (C=O) groups excluding carboxylic acids is 1. The van der Waals surface area contributed by atoms with Gasteiger partial charge in [0, 0.05) is 16.5 Å². The van der Waals surface area contributed by atoms with Crippen LogP contribution in [0.15, 0.2) is 29.8 Å². The van der Waals surface area contributed by atoms with Gasteiger partial charge in [-0.3, -0.25) is 9.78 Å². The molecule has 0 aliphatic heterocycles. The molecule has 1 N–H and O–H groups in total. The first-order valence-electron chi connectivity index (χ1n) is 5.97. The van der Waals surface area contributed by atoms with Crippen molar-refractivity contribution in [3.8, 4) is 0 Å². The maximum atomic E-state index is 12.1. The largest absolute Gasteiger partial charge is 0.346 e. The molecule has 2 aromatic heterocycles. The maximum absolute atomic E-state index is 12.1. The smallest absolute Gasteiger partial charge is 0.252 e. The van der Waals surface area contributed by atoms with Crippen LogP contribution in [0.3, 0.4) is 0 Å². The minimum absolute atomic E-state index is 0.0122. The third-order valence-electron chi connectivity index (χ3n) is 2.86. The van der Waals surface area contributed by atoms with E-state index in [-0.39, 0.29) is 5.91 Å². The average Bonchev–Trinajstić information content (AvgIpc) is 2.78. The van der Waals surface area contributed by atoms with Crippen LogP contribution in [0.1, 0.15) is 33.4 Å². The third-order valence-corrected chi connectivity index (χ3v) is 3.81. The molecule has 0 bridgehead atoms. The number of aromatic nitrogens is 1. The van der Waals surface area contributed by atoms with Crippen LogP contribution < -0.4 is 5.32 Å². The fraction of sp³-hybridized carbons (Fsp3) is 0.286. The molecule has 0 fully saturated rings. The second kappa shape index (κ2) is 5.78. The van der Waals surface area contributed by atoms with Crippen LogP contribution in [0.5, 0.6) is 0 Å². The van der Waals surface area contributed by atoms with Crippen LogP contribution in [0, 0.1) is 6.92 Å². The molecule has 2 rings (SSSR count). The SMILES string of the molecule is CCc1c(C(=O)NCc2ccccn2)csc1C. The Morgan fingerprint density at radius 3 is 2.94 bits per heavy atom. The summed E-state index contributed by atoms with van der Waals surface area (Å²) in [5, 5.41) is 4.84. The van der Waals surface area contributed by atoms with Crippen LogP contribution >= 0.6 is 11.3 Å². The minimum Gasteiger partial charge on any atom is -0.346 e. The number of thiophene rings is 1. The van der Waals surface area contributed by atoms with E-state index < -0.39 is 0 Å². The number of hydrogen-bond donors (Lipinski definition) is 1. The molecule has 2 aromatic rings. The van der Waals surface area contributed by atoms with E-state index in [1.54, 1.807) is 17.5 Å². The highest BCUT2D eigenvalue weighted by molar-refractivity contribution is 7.10. The van der Waals surface area contributed by atoms with Gasteiger partial charge < -0.3 is 5.32 Å². The standard InChI is InChI=1S/C14H16N2OS/c1-3-12-10(2)18-9-13(12)14(17)16-8-11-6-4-5-7-15-11/h4-7,9H,3,8H2,1-2H3,(H,16,17). The van der Waals surface area contributed by atoms with Crippen molar-refractivity contribution in [2.45, 2.75) is 26.8 Å². The summed E-state index contributed by atoms with van der Waals surface area (Å²) in [7, 11) is 0.